The highest BCUT2D eigenvalue weighted by Gasteiger charge is 2.14. The Labute approximate surface area is 108 Å². The van der Waals surface area contributed by atoms with Gasteiger partial charge in [-0.25, -0.2) is 0 Å². The molecule has 0 saturated carbocycles. The maximum Gasteiger partial charge on any atom is 0.303 e. The second kappa shape index (κ2) is 6.40. The molecule has 1 aromatic carbocycles. The van der Waals surface area contributed by atoms with Crippen molar-refractivity contribution in [1.29, 1.82) is 0 Å². The van der Waals surface area contributed by atoms with Crippen molar-refractivity contribution in [2.45, 2.75) is 39.2 Å². The van der Waals surface area contributed by atoms with Gasteiger partial charge < -0.3 is 15.6 Å². The van der Waals surface area contributed by atoms with E-state index in [0.29, 0.717) is 12.8 Å². The number of rotatable bonds is 6. The first-order chi connectivity index (χ1) is 8.45. The summed E-state index contributed by atoms with van der Waals surface area (Å²) in [6, 6.07) is 3.88. The zero-order valence-electron chi connectivity index (χ0n) is 11.2. The summed E-state index contributed by atoms with van der Waals surface area (Å²) in [6.45, 7) is 4.00. The molecule has 18 heavy (non-hydrogen) atoms. The molecule has 0 bridgehead atoms. The minimum Gasteiger partial charge on any atom is -0.496 e. The van der Waals surface area contributed by atoms with Crippen molar-refractivity contribution in [1.82, 2.24) is 0 Å². The first kappa shape index (κ1) is 14.5. The molecule has 4 heteroatoms. The van der Waals surface area contributed by atoms with Gasteiger partial charge in [-0.05, 0) is 32.3 Å². The van der Waals surface area contributed by atoms with Gasteiger partial charge in [0, 0.05) is 18.0 Å². The topological polar surface area (TPSA) is 72.5 Å². The summed E-state index contributed by atoms with van der Waals surface area (Å²) in [5.41, 5.74) is 9.27. The quantitative estimate of drug-likeness (QED) is 0.815. The maximum atomic E-state index is 10.5. The van der Waals surface area contributed by atoms with Crippen molar-refractivity contribution in [3.63, 3.8) is 0 Å². The summed E-state index contributed by atoms with van der Waals surface area (Å²) >= 11 is 0. The molecule has 0 radical (unpaired) electrons. The molecule has 0 saturated heterocycles. The Bertz CT molecular complexity index is 429. The molecule has 1 rings (SSSR count). The predicted molar refractivity (Wildman–Crippen MR) is 70.9 cm³/mol. The van der Waals surface area contributed by atoms with Crippen LogP contribution in [-0.4, -0.2) is 18.2 Å². The van der Waals surface area contributed by atoms with Crippen LogP contribution in [0.25, 0.3) is 0 Å². The monoisotopic (exact) mass is 251 g/mol. The summed E-state index contributed by atoms with van der Waals surface area (Å²) in [5.74, 6) is 0.0259. The van der Waals surface area contributed by atoms with Crippen LogP contribution in [0.2, 0.25) is 0 Å². The predicted octanol–water partition coefficient (Wildman–Crippen LogP) is 2.57. The molecule has 3 N–H and O–H groups in total. The van der Waals surface area contributed by atoms with Gasteiger partial charge in [-0.3, -0.25) is 4.79 Å². The van der Waals surface area contributed by atoms with Crippen LogP contribution in [0.1, 0.15) is 42.0 Å². The van der Waals surface area contributed by atoms with Crippen molar-refractivity contribution in [2.75, 3.05) is 7.11 Å². The van der Waals surface area contributed by atoms with E-state index >= 15 is 0 Å². The van der Waals surface area contributed by atoms with Crippen molar-refractivity contribution in [3.05, 3.63) is 28.8 Å². The number of methoxy groups -OCH3 is 1. The van der Waals surface area contributed by atoms with Crippen molar-refractivity contribution in [2.24, 2.45) is 5.73 Å². The number of ether oxygens (including phenoxy) is 1. The van der Waals surface area contributed by atoms with Crippen LogP contribution in [0.4, 0.5) is 0 Å². The molecule has 0 aliphatic heterocycles. The van der Waals surface area contributed by atoms with Gasteiger partial charge >= 0.3 is 5.97 Å². The Kier molecular flexibility index (Phi) is 5.16. The van der Waals surface area contributed by atoms with E-state index in [2.05, 4.69) is 0 Å². The minimum absolute atomic E-state index is 0.154. The number of aliphatic carboxylic acids is 1. The highest BCUT2D eigenvalue weighted by Crippen LogP contribution is 2.31. The fourth-order valence-corrected chi connectivity index (χ4v) is 2.17. The van der Waals surface area contributed by atoms with Crippen LogP contribution in [-0.2, 0) is 4.79 Å². The zero-order valence-corrected chi connectivity index (χ0v) is 11.2. The summed E-state index contributed by atoms with van der Waals surface area (Å²) < 4.78 is 5.38. The smallest absolute Gasteiger partial charge is 0.303 e. The lowest BCUT2D eigenvalue weighted by Crippen LogP contribution is -2.13. The molecule has 0 heterocycles. The number of carbonyl (C=O) groups is 1. The lowest BCUT2D eigenvalue weighted by Gasteiger charge is -2.18. The Morgan fingerprint density at radius 3 is 2.67 bits per heavy atom. The first-order valence-electron chi connectivity index (χ1n) is 6.08. The van der Waals surface area contributed by atoms with Crippen LogP contribution in [0.15, 0.2) is 12.1 Å². The number of carboxylic acid groups (broad SMARTS) is 1. The van der Waals surface area contributed by atoms with Gasteiger partial charge in [0.15, 0.2) is 0 Å². The standard InChI is InChI=1S/C14H21NO3/c1-9-7-10(2)14(18-3)11(8-9)12(15)5-4-6-13(16)17/h7-8,12H,4-6,15H2,1-3H3,(H,16,17). The summed E-state index contributed by atoms with van der Waals surface area (Å²) in [5, 5.41) is 8.62. The van der Waals surface area contributed by atoms with Gasteiger partial charge in [-0.2, -0.15) is 0 Å². The summed E-state index contributed by atoms with van der Waals surface area (Å²) in [4.78, 5) is 10.5. The van der Waals surface area contributed by atoms with Gasteiger partial charge in [0.05, 0.1) is 7.11 Å². The van der Waals surface area contributed by atoms with Crippen LogP contribution in [0.3, 0.4) is 0 Å². The molecule has 1 aromatic rings. The fraction of sp³-hybridized carbons (Fsp3) is 0.500. The number of hydrogen-bond donors (Lipinski definition) is 2. The van der Waals surface area contributed by atoms with E-state index in [9.17, 15) is 4.79 Å². The van der Waals surface area contributed by atoms with Gasteiger partial charge in [0.1, 0.15) is 5.75 Å². The molecule has 0 amide bonds. The van der Waals surface area contributed by atoms with Crippen LogP contribution in [0, 0.1) is 13.8 Å². The van der Waals surface area contributed by atoms with Gasteiger partial charge in [-0.15, -0.1) is 0 Å². The minimum atomic E-state index is -0.783. The Hall–Kier alpha value is -1.55. The highest BCUT2D eigenvalue weighted by atomic mass is 16.5. The molecular formula is C14H21NO3. The third-order valence-corrected chi connectivity index (χ3v) is 2.96. The first-order valence-corrected chi connectivity index (χ1v) is 6.08. The number of nitrogens with two attached hydrogens (primary N) is 1. The van der Waals surface area contributed by atoms with Crippen molar-refractivity contribution >= 4 is 5.97 Å². The molecular weight excluding hydrogens is 230 g/mol. The number of aryl methyl sites for hydroxylation is 2. The molecule has 0 fully saturated rings. The fourth-order valence-electron chi connectivity index (χ4n) is 2.17. The molecule has 0 aromatic heterocycles. The highest BCUT2D eigenvalue weighted by molar-refractivity contribution is 5.66. The van der Waals surface area contributed by atoms with E-state index in [0.717, 1.165) is 22.4 Å². The molecule has 0 aliphatic carbocycles. The molecule has 1 atom stereocenters. The average Bonchev–Trinajstić information content (AvgIpc) is 2.27. The summed E-state index contributed by atoms with van der Waals surface area (Å²) in [7, 11) is 1.63. The van der Waals surface area contributed by atoms with E-state index in [1.807, 2.05) is 26.0 Å². The number of benzene rings is 1. The number of hydrogen-bond acceptors (Lipinski definition) is 3. The van der Waals surface area contributed by atoms with Gasteiger partial charge in [0.2, 0.25) is 0 Å². The Morgan fingerprint density at radius 1 is 1.44 bits per heavy atom. The van der Waals surface area contributed by atoms with Crippen molar-refractivity contribution in [3.8, 4) is 5.75 Å². The van der Waals surface area contributed by atoms with E-state index in [1.54, 1.807) is 7.11 Å². The lowest BCUT2D eigenvalue weighted by molar-refractivity contribution is -0.137. The average molecular weight is 251 g/mol. The van der Waals surface area contributed by atoms with Crippen LogP contribution in [0.5, 0.6) is 5.75 Å². The summed E-state index contributed by atoms with van der Waals surface area (Å²) in [6.07, 6.45) is 1.37. The van der Waals surface area contributed by atoms with Crippen LogP contribution >= 0.6 is 0 Å². The van der Waals surface area contributed by atoms with E-state index < -0.39 is 5.97 Å². The molecule has 1 unspecified atom stereocenters. The number of carboxylic acids is 1. The lowest BCUT2D eigenvalue weighted by atomic mass is 9.96. The second-order valence-corrected chi connectivity index (χ2v) is 4.60. The Morgan fingerprint density at radius 2 is 2.11 bits per heavy atom. The van der Waals surface area contributed by atoms with Gasteiger partial charge in [-0.1, -0.05) is 17.7 Å². The van der Waals surface area contributed by atoms with Crippen LogP contribution < -0.4 is 10.5 Å². The maximum absolute atomic E-state index is 10.5. The molecule has 100 valence electrons. The van der Waals surface area contributed by atoms with E-state index in [1.165, 1.54) is 0 Å². The molecule has 0 aliphatic rings. The second-order valence-electron chi connectivity index (χ2n) is 4.60. The van der Waals surface area contributed by atoms with E-state index in [4.69, 9.17) is 15.6 Å². The molecule has 0 spiro atoms. The van der Waals surface area contributed by atoms with Crippen molar-refractivity contribution < 1.29 is 14.6 Å². The third-order valence-electron chi connectivity index (χ3n) is 2.96. The third kappa shape index (κ3) is 3.74. The largest absolute Gasteiger partial charge is 0.496 e. The molecule has 4 nitrogen and oxygen atoms in total. The van der Waals surface area contributed by atoms with Gasteiger partial charge in [0.25, 0.3) is 0 Å². The van der Waals surface area contributed by atoms with E-state index in [-0.39, 0.29) is 12.5 Å². The SMILES string of the molecule is COc1c(C)cc(C)cc1C(N)CCCC(=O)O. The zero-order chi connectivity index (χ0) is 13.7. The Balaban J connectivity index is 2.83. The normalized spacial score (nSPS) is 12.2.